The van der Waals surface area contributed by atoms with Gasteiger partial charge < -0.3 is 24.6 Å². The quantitative estimate of drug-likeness (QED) is 0.254. The van der Waals surface area contributed by atoms with Gasteiger partial charge in [0.15, 0.2) is 0 Å². The van der Waals surface area contributed by atoms with Crippen molar-refractivity contribution < 1.29 is 24.1 Å². The van der Waals surface area contributed by atoms with Crippen LogP contribution >= 0.6 is 0 Å². The fourth-order valence-electron chi connectivity index (χ4n) is 5.34. The summed E-state index contributed by atoms with van der Waals surface area (Å²) in [4.78, 5) is 11.6. The first-order valence-electron chi connectivity index (χ1n) is 14.4. The van der Waals surface area contributed by atoms with Gasteiger partial charge in [-0.15, -0.1) is 0 Å². The van der Waals surface area contributed by atoms with Crippen LogP contribution in [0.5, 0.6) is 5.75 Å². The van der Waals surface area contributed by atoms with E-state index in [1.165, 1.54) is 11.1 Å². The van der Waals surface area contributed by atoms with E-state index >= 15 is 0 Å². The Kier molecular flexibility index (Phi) is 12.0. The third-order valence-electron chi connectivity index (χ3n) is 7.21. The van der Waals surface area contributed by atoms with E-state index in [4.69, 9.17) is 14.2 Å². The lowest BCUT2D eigenvalue weighted by Gasteiger charge is -2.31. The number of allylic oxidation sites excluding steroid dienone is 1. The van der Waals surface area contributed by atoms with Gasteiger partial charge in [-0.2, -0.15) is 0 Å². The summed E-state index contributed by atoms with van der Waals surface area (Å²) in [5.41, 5.74) is 4.85. The van der Waals surface area contributed by atoms with E-state index in [-0.39, 0.29) is 24.2 Å². The van der Waals surface area contributed by atoms with Gasteiger partial charge >= 0.3 is 5.97 Å². The molecule has 214 valence electrons. The topological polar surface area (TPSA) is 77.0 Å². The molecule has 0 aliphatic heterocycles. The average Bonchev–Trinajstić information content (AvgIpc) is 3.31. The monoisotopic (exact) mass is 537 g/mol. The first-order valence-corrected chi connectivity index (χ1v) is 14.4. The minimum atomic E-state index is -0.619. The Morgan fingerprint density at radius 1 is 1.13 bits per heavy atom. The minimum Gasteiger partial charge on any atom is -0.494 e. The summed E-state index contributed by atoms with van der Waals surface area (Å²) >= 11 is 0. The molecule has 3 rings (SSSR count). The molecule has 39 heavy (non-hydrogen) atoms. The maximum atomic E-state index is 11.6. The van der Waals surface area contributed by atoms with E-state index in [1.807, 2.05) is 51.1 Å². The van der Waals surface area contributed by atoms with Crippen molar-refractivity contribution in [3.05, 3.63) is 70.8 Å². The number of ether oxygens (including phenoxy) is 3. The molecule has 0 unspecified atom stereocenters. The number of hydrogen-bond acceptors (Lipinski definition) is 6. The standard InChI is InChI=1S/C33H47NO5/c1-6-37-30-17-16-26(12-10-11-15-32(36)38-7-2)31(20-30)24(3)39-23-29(35)22-34-33(4,5)21-25-18-27-13-8-9-14-28(27)19-25/h8-10,12-14,16-17,20,24-25,29,34-35H,6-7,11,15,18-19,21-23H2,1-5H3/t24-,29-/m1/s1. The Morgan fingerprint density at radius 3 is 2.51 bits per heavy atom. The number of β-amino-alcohol motifs (C(OH)–C–C–N with tert-alkyl or cyclic N) is 1. The SMILES string of the molecule is CCOC(=O)CCC=Cc1ccc(OCC)cc1[C@@H](C)OC[C@H](O)CNC(C)(C)CC1Cc2ccccc2C1. The van der Waals surface area contributed by atoms with Crippen LogP contribution in [0.2, 0.25) is 0 Å². The highest BCUT2D eigenvalue weighted by Gasteiger charge is 2.28. The van der Waals surface area contributed by atoms with Crippen LogP contribution in [0.4, 0.5) is 0 Å². The van der Waals surface area contributed by atoms with Gasteiger partial charge in [0.25, 0.3) is 0 Å². The van der Waals surface area contributed by atoms with Crippen LogP contribution in [0.15, 0.2) is 48.5 Å². The molecule has 0 amide bonds. The normalized spacial score (nSPS) is 15.3. The van der Waals surface area contributed by atoms with Gasteiger partial charge in [0, 0.05) is 18.5 Å². The van der Waals surface area contributed by atoms with Crippen LogP contribution in [-0.4, -0.2) is 49.1 Å². The van der Waals surface area contributed by atoms with E-state index in [1.54, 1.807) is 0 Å². The zero-order chi connectivity index (χ0) is 28.3. The van der Waals surface area contributed by atoms with Crippen molar-refractivity contribution in [3.8, 4) is 5.75 Å². The highest BCUT2D eigenvalue weighted by molar-refractivity contribution is 5.69. The summed E-state index contributed by atoms with van der Waals surface area (Å²) < 4.78 is 16.8. The van der Waals surface area contributed by atoms with E-state index in [9.17, 15) is 9.90 Å². The van der Waals surface area contributed by atoms with E-state index in [2.05, 4.69) is 43.4 Å². The highest BCUT2D eigenvalue weighted by atomic mass is 16.5. The Hall–Kier alpha value is -2.67. The van der Waals surface area contributed by atoms with Crippen molar-refractivity contribution in [1.82, 2.24) is 5.32 Å². The summed E-state index contributed by atoms with van der Waals surface area (Å²) in [6, 6.07) is 14.7. The molecule has 0 radical (unpaired) electrons. The van der Waals surface area contributed by atoms with Gasteiger partial charge in [0.05, 0.1) is 32.0 Å². The number of hydrogen-bond donors (Lipinski definition) is 2. The zero-order valence-corrected chi connectivity index (χ0v) is 24.4. The molecule has 6 nitrogen and oxygen atoms in total. The Balaban J connectivity index is 1.50. The summed E-state index contributed by atoms with van der Waals surface area (Å²) in [6.07, 6.45) is 7.40. The number of benzene rings is 2. The molecule has 0 bridgehead atoms. The third kappa shape index (κ3) is 10.1. The van der Waals surface area contributed by atoms with Gasteiger partial charge in [-0.3, -0.25) is 4.79 Å². The van der Waals surface area contributed by atoms with Crippen LogP contribution in [0.3, 0.4) is 0 Å². The molecule has 6 heteroatoms. The van der Waals surface area contributed by atoms with Crippen LogP contribution in [0.25, 0.3) is 6.08 Å². The van der Waals surface area contributed by atoms with Crippen LogP contribution in [-0.2, 0) is 27.1 Å². The molecule has 2 aromatic carbocycles. The van der Waals surface area contributed by atoms with Crippen molar-refractivity contribution in [2.24, 2.45) is 5.92 Å². The lowest BCUT2D eigenvalue weighted by atomic mass is 9.88. The molecule has 2 atom stereocenters. The first-order chi connectivity index (χ1) is 18.7. The molecule has 0 saturated carbocycles. The minimum absolute atomic E-state index is 0.0767. The summed E-state index contributed by atoms with van der Waals surface area (Å²) in [6.45, 7) is 11.9. The second-order valence-corrected chi connectivity index (χ2v) is 11.1. The molecule has 1 aliphatic rings. The highest BCUT2D eigenvalue weighted by Crippen LogP contribution is 2.32. The lowest BCUT2D eigenvalue weighted by Crippen LogP contribution is -2.45. The van der Waals surface area contributed by atoms with Crippen LogP contribution in [0, 0.1) is 5.92 Å². The number of aliphatic hydroxyl groups excluding tert-OH is 1. The summed E-state index contributed by atoms with van der Waals surface area (Å²) in [5.74, 6) is 1.22. The lowest BCUT2D eigenvalue weighted by molar-refractivity contribution is -0.143. The number of rotatable bonds is 16. The predicted octanol–water partition coefficient (Wildman–Crippen LogP) is 6.05. The smallest absolute Gasteiger partial charge is 0.306 e. The first kappa shape index (κ1) is 30.9. The second kappa shape index (κ2) is 15.2. The molecular formula is C33H47NO5. The van der Waals surface area contributed by atoms with Gasteiger partial charge in [-0.05, 0) is 101 Å². The second-order valence-electron chi connectivity index (χ2n) is 11.1. The molecule has 0 heterocycles. The number of carbonyl (C=O) groups is 1. The predicted molar refractivity (Wildman–Crippen MR) is 157 cm³/mol. The molecular weight excluding hydrogens is 490 g/mol. The number of fused-ring (bicyclic) bond motifs is 1. The van der Waals surface area contributed by atoms with E-state index in [0.29, 0.717) is 38.5 Å². The molecule has 0 aromatic heterocycles. The molecule has 2 aromatic rings. The summed E-state index contributed by atoms with van der Waals surface area (Å²) in [7, 11) is 0. The number of aliphatic hydroxyl groups is 1. The average molecular weight is 538 g/mol. The van der Waals surface area contributed by atoms with Crippen molar-refractivity contribution in [3.63, 3.8) is 0 Å². The van der Waals surface area contributed by atoms with Crippen molar-refractivity contribution in [1.29, 1.82) is 0 Å². The largest absolute Gasteiger partial charge is 0.494 e. The van der Waals surface area contributed by atoms with Gasteiger partial charge in [-0.1, -0.05) is 42.5 Å². The van der Waals surface area contributed by atoms with Gasteiger partial charge in [0.2, 0.25) is 0 Å². The van der Waals surface area contributed by atoms with Crippen LogP contribution in [0.1, 0.15) is 82.2 Å². The fourth-order valence-corrected chi connectivity index (χ4v) is 5.34. The maximum Gasteiger partial charge on any atom is 0.306 e. The van der Waals surface area contributed by atoms with Crippen LogP contribution < -0.4 is 10.1 Å². The van der Waals surface area contributed by atoms with Crippen molar-refractivity contribution >= 4 is 12.0 Å². The Bertz CT molecular complexity index is 1050. The molecule has 2 N–H and O–H groups in total. The summed E-state index contributed by atoms with van der Waals surface area (Å²) in [5, 5.41) is 14.3. The molecule has 1 aliphatic carbocycles. The van der Waals surface area contributed by atoms with Crippen molar-refractivity contribution in [2.45, 2.75) is 84.5 Å². The number of nitrogens with one attached hydrogen (secondary N) is 1. The van der Waals surface area contributed by atoms with E-state index < -0.39 is 6.10 Å². The molecule has 0 fully saturated rings. The maximum absolute atomic E-state index is 11.6. The van der Waals surface area contributed by atoms with Gasteiger partial charge in [-0.25, -0.2) is 0 Å². The van der Waals surface area contributed by atoms with Crippen molar-refractivity contribution in [2.75, 3.05) is 26.4 Å². The Morgan fingerprint density at radius 2 is 1.85 bits per heavy atom. The number of esters is 1. The Labute approximate surface area is 234 Å². The van der Waals surface area contributed by atoms with Gasteiger partial charge in [0.1, 0.15) is 5.75 Å². The number of carbonyl (C=O) groups excluding carboxylic acids is 1. The molecule has 0 spiro atoms. The fraction of sp³-hybridized carbons (Fsp3) is 0.545. The third-order valence-corrected chi connectivity index (χ3v) is 7.21. The molecule has 0 saturated heterocycles. The van der Waals surface area contributed by atoms with E-state index in [0.717, 1.165) is 36.1 Å². The zero-order valence-electron chi connectivity index (χ0n) is 24.4.